The number of fused-ring (bicyclic) bond motifs is 2. The third-order valence-electron chi connectivity index (χ3n) is 12.6. The van der Waals surface area contributed by atoms with E-state index >= 15 is 4.79 Å². The number of aliphatic hydroxyl groups is 1. The molecule has 1 aromatic carbocycles. The van der Waals surface area contributed by atoms with E-state index in [9.17, 15) is 14.7 Å². The molecule has 5 heterocycles. The predicted octanol–water partition coefficient (Wildman–Crippen LogP) is 4.83. The molecular weight excluding hydrogens is 769 g/mol. The molecule has 0 spiro atoms. The summed E-state index contributed by atoms with van der Waals surface area (Å²) in [5.74, 6) is -3.53. The van der Waals surface area contributed by atoms with Gasteiger partial charge in [0.25, 0.3) is 0 Å². The number of hydrogen-bond acceptors (Lipinski definition) is 13. The SMILES string of the molecule is CC[C@H]1OC(=O)C(Cc2cn[nH]c2)C(=O)[C@H](C)[C@@H](O[C@@H]2O[C@H](C)CC(N(C)C)C2O)[C@](C)(OC/C=C/c2cnc3ccccc3c2)C[C@@H](C)CN[C@H](C)[C@H]2NC(=O)O[C@@]21C. The Kier molecular flexibility index (Phi) is 14.5. The average Bonchev–Trinajstić information content (AvgIpc) is 3.85. The number of nitrogens with one attached hydrogen (secondary N) is 3. The topological polar surface area (TPSA) is 186 Å². The van der Waals surface area contributed by atoms with Gasteiger partial charge in [-0.05, 0) is 103 Å². The van der Waals surface area contributed by atoms with Gasteiger partial charge >= 0.3 is 12.1 Å². The number of cyclic esters (lactones) is 1. The summed E-state index contributed by atoms with van der Waals surface area (Å²) in [4.78, 5) is 49.1. The first-order valence-electron chi connectivity index (χ1n) is 21.3. The van der Waals surface area contributed by atoms with Gasteiger partial charge in [0.1, 0.15) is 18.1 Å². The minimum atomic E-state index is -1.29. The number of carbonyl (C=O) groups excluding carboxylic acids is 3. The highest BCUT2D eigenvalue weighted by atomic mass is 16.7. The first-order chi connectivity index (χ1) is 28.5. The molecule has 3 aliphatic heterocycles. The largest absolute Gasteiger partial charge is 0.457 e. The molecule has 328 valence electrons. The summed E-state index contributed by atoms with van der Waals surface area (Å²) in [6.45, 7) is 13.9. The molecule has 6 rings (SSSR count). The van der Waals surface area contributed by atoms with E-state index in [2.05, 4.69) is 38.8 Å². The molecule has 3 aliphatic rings. The van der Waals surface area contributed by atoms with Gasteiger partial charge in [-0.15, -0.1) is 0 Å². The Morgan fingerprint density at radius 1 is 1.08 bits per heavy atom. The maximum atomic E-state index is 15.2. The number of ether oxygens (including phenoxy) is 5. The summed E-state index contributed by atoms with van der Waals surface area (Å²) >= 11 is 0. The van der Waals surface area contributed by atoms with Crippen LogP contribution in [0.4, 0.5) is 4.79 Å². The number of pyridine rings is 1. The van der Waals surface area contributed by atoms with Crippen LogP contribution in [0.25, 0.3) is 17.0 Å². The van der Waals surface area contributed by atoms with Crippen molar-refractivity contribution in [2.75, 3.05) is 27.2 Å². The quantitative estimate of drug-likeness (QED) is 0.161. The van der Waals surface area contributed by atoms with Crippen molar-refractivity contribution in [1.29, 1.82) is 0 Å². The van der Waals surface area contributed by atoms with Crippen LogP contribution in [0.1, 0.15) is 78.9 Å². The molecule has 15 heteroatoms. The van der Waals surface area contributed by atoms with E-state index < -0.39 is 71.5 Å². The van der Waals surface area contributed by atoms with Crippen molar-refractivity contribution >= 4 is 34.8 Å². The number of likely N-dealkylation sites (N-methyl/N-ethyl adjacent to an activating group) is 1. The zero-order chi connectivity index (χ0) is 43.4. The number of amides is 1. The smallest absolute Gasteiger partial charge is 0.408 e. The van der Waals surface area contributed by atoms with Crippen molar-refractivity contribution in [3.8, 4) is 0 Å². The molecular formula is C45H64N6O9. The van der Waals surface area contributed by atoms with Crippen LogP contribution in [0.2, 0.25) is 0 Å². The molecule has 3 aromatic rings. The maximum absolute atomic E-state index is 15.2. The van der Waals surface area contributed by atoms with E-state index in [-0.39, 0.29) is 37.1 Å². The normalized spacial score (nSPS) is 36.0. The van der Waals surface area contributed by atoms with E-state index in [0.717, 1.165) is 16.5 Å². The minimum Gasteiger partial charge on any atom is -0.457 e. The monoisotopic (exact) mass is 832 g/mol. The Balaban J connectivity index is 1.41. The number of H-pyrrole nitrogens is 1. The Morgan fingerprint density at radius 2 is 1.85 bits per heavy atom. The lowest BCUT2D eigenvalue weighted by Gasteiger charge is -2.47. The van der Waals surface area contributed by atoms with Gasteiger partial charge < -0.3 is 44.3 Å². The van der Waals surface area contributed by atoms with E-state index in [1.165, 1.54) is 0 Å². The van der Waals surface area contributed by atoms with E-state index in [1.54, 1.807) is 26.2 Å². The molecule has 3 saturated heterocycles. The van der Waals surface area contributed by atoms with Crippen molar-refractivity contribution in [2.45, 2.75) is 134 Å². The molecule has 3 fully saturated rings. The summed E-state index contributed by atoms with van der Waals surface area (Å²) in [6.07, 6.45) is 5.25. The molecule has 0 aliphatic carbocycles. The molecule has 4 N–H and O–H groups in total. The number of ketones is 1. The summed E-state index contributed by atoms with van der Waals surface area (Å²) in [6, 6.07) is 8.82. The Hall–Kier alpha value is -4.25. The third kappa shape index (κ3) is 10.1. The van der Waals surface area contributed by atoms with Crippen LogP contribution in [-0.4, -0.2) is 130 Å². The molecule has 3 unspecified atom stereocenters. The predicted molar refractivity (Wildman–Crippen MR) is 226 cm³/mol. The number of aliphatic hydroxyl groups excluding tert-OH is 1. The van der Waals surface area contributed by atoms with E-state index in [4.69, 9.17) is 23.7 Å². The molecule has 15 nitrogen and oxygen atoms in total. The summed E-state index contributed by atoms with van der Waals surface area (Å²) < 4.78 is 32.3. The number of benzene rings is 1. The first-order valence-corrected chi connectivity index (χ1v) is 21.3. The number of Topliss-reactive ketones (excluding diaryl/α,β-unsaturated/α-hetero) is 1. The molecule has 0 saturated carbocycles. The van der Waals surface area contributed by atoms with Gasteiger partial charge in [-0.2, -0.15) is 5.10 Å². The second kappa shape index (κ2) is 19.2. The number of carbonyl (C=O) groups is 3. The molecule has 60 heavy (non-hydrogen) atoms. The minimum absolute atomic E-state index is 0.00338. The zero-order valence-electron chi connectivity index (χ0n) is 36.4. The van der Waals surface area contributed by atoms with Crippen LogP contribution in [0.15, 0.2) is 55.0 Å². The fraction of sp³-hybridized carbons (Fsp3) is 0.622. The van der Waals surface area contributed by atoms with E-state index in [1.807, 2.05) is 89.3 Å². The number of aromatic amines is 1. The highest BCUT2D eigenvalue weighted by molar-refractivity contribution is 6.00. The van der Waals surface area contributed by atoms with Gasteiger partial charge in [0, 0.05) is 35.8 Å². The molecule has 1 amide bonds. The fourth-order valence-electron chi connectivity index (χ4n) is 9.39. The standard InChI is InChI=1S/C45H64N6O9/c1-10-36-45(7)39(50-43(55)60-45)29(5)46-22-26(2)21-44(6,56-17-13-14-30-19-32-15-11-12-16-34(32)47-23-30)40(59-42-38(53)35(51(8)9)18-27(3)57-42)28(4)37(52)33(41(54)58-36)20-31-24-48-49-25-31/h11-16,19,23-29,33,35-36,38-40,42,46,53H,10,17-18,20-22H2,1-9H3,(H,48,49)(H,50,55)/b14-13+/t26-,27-,28+,29-,33?,35?,36-,38?,39-,40-,42+,44-,45-/m1/s1. The summed E-state index contributed by atoms with van der Waals surface area (Å²) in [5.41, 5.74) is 0.00607. The first kappa shape index (κ1) is 45.3. The lowest BCUT2D eigenvalue weighted by atomic mass is 9.77. The van der Waals surface area contributed by atoms with Crippen LogP contribution in [0.5, 0.6) is 0 Å². The van der Waals surface area contributed by atoms with Crippen molar-refractivity contribution in [3.05, 3.63) is 66.1 Å². The Labute approximate surface area is 353 Å². The van der Waals surface area contributed by atoms with Crippen LogP contribution < -0.4 is 10.6 Å². The number of esters is 1. The van der Waals surface area contributed by atoms with Gasteiger partial charge in [-0.3, -0.25) is 19.7 Å². The number of nitrogens with zero attached hydrogens (tertiary/aromatic N) is 3. The van der Waals surface area contributed by atoms with Crippen LogP contribution in [0, 0.1) is 17.8 Å². The number of alkyl carbamates (subject to hydrolysis) is 1. The van der Waals surface area contributed by atoms with Gasteiger partial charge in [0.05, 0.1) is 42.2 Å². The van der Waals surface area contributed by atoms with Crippen molar-refractivity contribution in [3.63, 3.8) is 0 Å². The van der Waals surface area contributed by atoms with Crippen LogP contribution in [0.3, 0.4) is 0 Å². The molecule has 2 aromatic heterocycles. The average molecular weight is 833 g/mol. The Bertz CT molecular complexity index is 1960. The highest BCUT2D eigenvalue weighted by Gasteiger charge is 2.56. The van der Waals surface area contributed by atoms with E-state index in [0.29, 0.717) is 31.4 Å². The number of para-hydroxylation sites is 1. The highest BCUT2D eigenvalue weighted by Crippen LogP contribution is 2.38. The molecule has 13 atom stereocenters. The number of rotatable bonds is 10. The Morgan fingerprint density at radius 3 is 2.57 bits per heavy atom. The number of aromatic nitrogens is 3. The van der Waals surface area contributed by atoms with Gasteiger partial charge in [0.15, 0.2) is 17.7 Å². The lowest BCUT2D eigenvalue weighted by Crippen LogP contribution is -2.60. The van der Waals surface area contributed by atoms with Crippen molar-refractivity contribution in [1.82, 2.24) is 30.7 Å². The van der Waals surface area contributed by atoms with Gasteiger partial charge in [-0.1, -0.05) is 51.1 Å². The van der Waals surface area contributed by atoms with Gasteiger partial charge in [0.2, 0.25) is 0 Å². The summed E-state index contributed by atoms with van der Waals surface area (Å²) in [5, 5.41) is 26.2. The van der Waals surface area contributed by atoms with Crippen molar-refractivity contribution in [2.24, 2.45) is 17.8 Å². The van der Waals surface area contributed by atoms with Gasteiger partial charge in [-0.25, -0.2) is 4.79 Å². The maximum Gasteiger partial charge on any atom is 0.408 e. The molecule has 0 bridgehead atoms. The zero-order valence-corrected chi connectivity index (χ0v) is 36.4. The van der Waals surface area contributed by atoms with Crippen molar-refractivity contribution < 1.29 is 43.2 Å². The van der Waals surface area contributed by atoms with Crippen LogP contribution >= 0.6 is 0 Å². The lowest BCUT2D eigenvalue weighted by molar-refractivity contribution is -0.296. The second-order valence-electron chi connectivity index (χ2n) is 17.7. The fourth-order valence-corrected chi connectivity index (χ4v) is 9.39. The number of hydrogen-bond donors (Lipinski definition) is 4. The molecule has 0 radical (unpaired) electrons. The third-order valence-corrected chi connectivity index (χ3v) is 12.6. The second-order valence-corrected chi connectivity index (χ2v) is 17.7. The summed E-state index contributed by atoms with van der Waals surface area (Å²) in [7, 11) is 3.81. The van der Waals surface area contributed by atoms with Crippen LogP contribution in [-0.2, 0) is 39.7 Å².